The second-order valence-electron chi connectivity index (χ2n) is 4.57. The summed E-state index contributed by atoms with van der Waals surface area (Å²) in [6.07, 6.45) is 1.56. The van der Waals surface area contributed by atoms with E-state index in [1.807, 2.05) is 37.3 Å². The molecule has 0 aliphatic rings. The largest absolute Gasteiger partial charge is 0.312 e. The average Bonchev–Trinajstić information content (AvgIpc) is 2.48. The van der Waals surface area contributed by atoms with Gasteiger partial charge in [-0.05, 0) is 42.3 Å². The third-order valence-corrected chi connectivity index (χ3v) is 3.11. The maximum Gasteiger partial charge on any atom is 0.250 e. The molecule has 0 saturated heterocycles. The minimum absolute atomic E-state index is 0.113. The number of allylic oxidation sites excluding steroid dienone is 1. The molecule has 2 nitrogen and oxygen atoms in total. The Morgan fingerprint density at radius 3 is 2.25 bits per heavy atom. The molecule has 0 atom stereocenters. The zero-order chi connectivity index (χ0) is 14.5. The van der Waals surface area contributed by atoms with Crippen molar-refractivity contribution in [3.63, 3.8) is 0 Å². The van der Waals surface area contributed by atoms with Gasteiger partial charge in [0, 0.05) is 18.8 Å². The van der Waals surface area contributed by atoms with E-state index in [1.165, 1.54) is 12.1 Å². The van der Waals surface area contributed by atoms with Gasteiger partial charge in [-0.15, -0.1) is 0 Å². The number of carbonyl (C=O) groups excluding carboxylic acids is 1. The van der Waals surface area contributed by atoms with Crippen LogP contribution in [0.5, 0.6) is 0 Å². The lowest BCUT2D eigenvalue weighted by atomic mass is 10.1. The molecular weight excluding hydrogens is 253 g/mol. The van der Waals surface area contributed by atoms with Crippen molar-refractivity contribution in [1.29, 1.82) is 0 Å². The first-order valence-electron chi connectivity index (χ1n) is 6.35. The quantitative estimate of drug-likeness (QED) is 0.774. The van der Waals surface area contributed by atoms with Gasteiger partial charge >= 0.3 is 0 Å². The normalized spacial score (nSPS) is 11.2. The first-order chi connectivity index (χ1) is 9.58. The predicted octanol–water partition coefficient (Wildman–Crippen LogP) is 3.89. The van der Waals surface area contributed by atoms with Crippen molar-refractivity contribution in [2.45, 2.75) is 6.92 Å². The standard InChI is InChI=1S/C17H16FNO/c1-13(14-8-10-15(18)11-9-14)12-17(20)19(2)16-6-4-3-5-7-16/h3-12H,1-2H3. The van der Waals surface area contributed by atoms with Gasteiger partial charge in [-0.25, -0.2) is 4.39 Å². The zero-order valence-electron chi connectivity index (χ0n) is 11.5. The van der Waals surface area contributed by atoms with Gasteiger partial charge in [0.1, 0.15) is 5.82 Å². The van der Waals surface area contributed by atoms with E-state index in [-0.39, 0.29) is 11.7 Å². The van der Waals surface area contributed by atoms with Crippen molar-refractivity contribution in [2.75, 3.05) is 11.9 Å². The van der Waals surface area contributed by atoms with E-state index < -0.39 is 0 Å². The fourth-order valence-corrected chi connectivity index (χ4v) is 1.86. The second-order valence-corrected chi connectivity index (χ2v) is 4.57. The van der Waals surface area contributed by atoms with E-state index in [9.17, 15) is 9.18 Å². The highest BCUT2D eigenvalue weighted by molar-refractivity contribution is 6.05. The first kappa shape index (κ1) is 14.0. The van der Waals surface area contributed by atoms with Crippen molar-refractivity contribution in [3.05, 3.63) is 72.1 Å². The van der Waals surface area contributed by atoms with E-state index in [4.69, 9.17) is 0 Å². The Hall–Kier alpha value is -2.42. The summed E-state index contributed by atoms with van der Waals surface area (Å²) in [4.78, 5) is 13.7. The molecule has 0 unspecified atom stereocenters. The molecule has 0 spiro atoms. The molecule has 2 rings (SSSR count). The van der Waals surface area contributed by atoms with Crippen LogP contribution in [0.3, 0.4) is 0 Å². The molecule has 0 radical (unpaired) electrons. The Morgan fingerprint density at radius 2 is 1.65 bits per heavy atom. The van der Waals surface area contributed by atoms with Crippen LogP contribution < -0.4 is 4.90 Å². The molecule has 102 valence electrons. The van der Waals surface area contributed by atoms with Crippen molar-refractivity contribution < 1.29 is 9.18 Å². The maximum atomic E-state index is 12.9. The van der Waals surface area contributed by atoms with Crippen LogP contribution in [0, 0.1) is 5.82 Å². The maximum absolute atomic E-state index is 12.9. The van der Waals surface area contributed by atoms with Gasteiger partial charge in [0.05, 0.1) is 0 Å². The summed E-state index contributed by atoms with van der Waals surface area (Å²) < 4.78 is 12.9. The lowest BCUT2D eigenvalue weighted by Crippen LogP contribution is -2.24. The summed E-state index contributed by atoms with van der Waals surface area (Å²) in [5, 5.41) is 0. The number of halogens is 1. The Bertz CT molecular complexity index is 617. The number of nitrogens with zero attached hydrogens (tertiary/aromatic N) is 1. The molecule has 0 aliphatic heterocycles. The minimum atomic E-state index is -0.283. The summed E-state index contributed by atoms with van der Waals surface area (Å²) in [5.41, 5.74) is 2.47. The number of hydrogen-bond donors (Lipinski definition) is 0. The summed E-state index contributed by atoms with van der Waals surface area (Å²) in [5.74, 6) is -0.396. The number of para-hydroxylation sites is 1. The molecule has 3 heteroatoms. The van der Waals surface area contributed by atoms with E-state index in [0.717, 1.165) is 16.8 Å². The fraction of sp³-hybridized carbons (Fsp3) is 0.118. The number of anilines is 1. The Morgan fingerprint density at radius 1 is 1.05 bits per heavy atom. The molecule has 0 fully saturated rings. The van der Waals surface area contributed by atoms with Gasteiger partial charge in [-0.1, -0.05) is 30.3 Å². The van der Waals surface area contributed by atoms with E-state index in [2.05, 4.69) is 0 Å². The molecular formula is C17H16FNO. The summed E-state index contributed by atoms with van der Waals surface area (Å²) >= 11 is 0. The Balaban J connectivity index is 2.17. The number of carbonyl (C=O) groups is 1. The number of hydrogen-bond acceptors (Lipinski definition) is 1. The lowest BCUT2D eigenvalue weighted by Gasteiger charge is -2.15. The van der Waals surface area contributed by atoms with E-state index >= 15 is 0 Å². The summed E-state index contributed by atoms with van der Waals surface area (Å²) in [7, 11) is 1.73. The Labute approximate surface area is 118 Å². The van der Waals surface area contributed by atoms with E-state index in [1.54, 1.807) is 30.2 Å². The third kappa shape index (κ3) is 3.32. The molecule has 0 N–H and O–H groups in total. The second kappa shape index (κ2) is 6.15. The van der Waals surface area contributed by atoms with Gasteiger partial charge in [-0.2, -0.15) is 0 Å². The molecule has 2 aromatic carbocycles. The molecule has 0 aliphatic carbocycles. The Kier molecular flexibility index (Phi) is 4.31. The molecule has 0 saturated carbocycles. The van der Waals surface area contributed by atoms with Crippen molar-refractivity contribution in [1.82, 2.24) is 0 Å². The van der Waals surface area contributed by atoms with E-state index in [0.29, 0.717) is 0 Å². The minimum Gasteiger partial charge on any atom is -0.312 e. The van der Waals surface area contributed by atoms with Crippen LogP contribution in [0.2, 0.25) is 0 Å². The number of rotatable bonds is 3. The van der Waals surface area contributed by atoms with Gasteiger partial charge in [0.25, 0.3) is 5.91 Å². The highest BCUT2D eigenvalue weighted by Gasteiger charge is 2.08. The molecule has 2 aromatic rings. The number of benzene rings is 2. The van der Waals surface area contributed by atoms with Crippen molar-refractivity contribution in [2.24, 2.45) is 0 Å². The van der Waals surface area contributed by atoms with Crippen LogP contribution in [0.4, 0.5) is 10.1 Å². The smallest absolute Gasteiger partial charge is 0.250 e. The molecule has 0 bridgehead atoms. The lowest BCUT2D eigenvalue weighted by molar-refractivity contribution is -0.113. The SMILES string of the molecule is CC(=CC(=O)N(C)c1ccccc1)c1ccc(F)cc1. The predicted molar refractivity (Wildman–Crippen MR) is 79.9 cm³/mol. The van der Waals surface area contributed by atoms with Crippen LogP contribution >= 0.6 is 0 Å². The van der Waals surface area contributed by atoms with Crippen LogP contribution in [0.15, 0.2) is 60.7 Å². The monoisotopic (exact) mass is 269 g/mol. The summed E-state index contributed by atoms with van der Waals surface area (Å²) in [6, 6.07) is 15.5. The average molecular weight is 269 g/mol. The summed E-state index contributed by atoms with van der Waals surface area (Å²) in [6.45, 7) is 1.84. The van der Waals surface area contributed by atoms with Crippen LogP contribution in [-0.2, 0) is 4.79 Å². The molecule has 0 aromatic heterocycles. The van der Waals surface area contributed by atoms with Crippen LogP contribution in [0.25, 0.3) is 5.57 Å². The first-order valence-corrected chi connectivity index (χ1v) is 6.35. The van der Waals surface area contributed by atoms with Gasteiger partial charge in [0.2, 0.25) is 0 Å². The zero-order valence-corrected chi connectivity index (χ0v) is 11.5. The van der Waals surface area contributed by atoms with Gasteiger partial charge in [0.15, 0.2) is 0 Å². The van der Waals surface area contributed by atoms with Crippen molar-refractivity contribution >= 4 is 17.2 Å². The number of amides is 1. The fourth-order valence-electron chi connectivity index (χ4n) is 1.86. The molecule has 20 heavy (non-hydrogen) atoms. The number of likely N-dealkylation sites (N-methyl/N-ethyl adjacent to an activating group) is 1. The topological polar surface area (TPSA) is 20.3 Å². The van der Waals surface area contributed by atoms with Crippen LogP contribution in [0.1, 0.15) is 12.5 Å². The molecule has 0 heterocycles. The van der Waals surface area contributed by atoms with Gasteiger partial charge < -0.3 is 4.90 Å². The molecule has 1 amide bonds. The van der Waals surface area contributed by atoms with Gasteiger partial charge in [-0.3, -0.25) is 4.79 Å². The highest BCUT2D eigenvalue weighted by Crippen LogP contribution is 2.16. The third-order valence-electron chi connectivity index (χ3n) is 3.11. The highest BCUT2D eigenvalue weighted by atomic mass is 19.1. The van der Waals surface area contributed by atoms with Crippen molar-refractivity contribution in [3.8, 4) is 0 Å². The van der Waals surface area contributed by atoms with Crippen LogP contribution in [-0.4, -0.2) is 13.0 Å².